The molecule has 3 nitrogen and oxygen atoms in total. The average molecular weight is 403 g/mol. The SMILES string of the molecule is CC[C@]1(O)CC[C@@]2(C)C(=CC[C@H]3[C@@H]4CC[C@H]([C@H](C)CCC(=O)O)[C@@]4(C)CC[C@@H]32)C1. The third-order valence-corrected chi connectivity index (χ3v) is 10.5. The second kappa shape index (κ2) is 7.39. The van der Waals surface area contributed by atoms with Crippen LogP contribution >= 0.6 is 0 Å². The number of aliphatic carboxylic acids is 1. The van der Waals surface area contributed by atoms with Crippen molar-refractivity contribution < 1.29 is 15.0 Å². The number of hydrogen-bond acceptors (Lipinski definition) is 2. The molecule has 0 aromatic heterocycles. The molecular weight excluding hydrogens is 360 g/mol. The Bertz CT molecular complexity index is 683. The Hall–Kier alpha value is -0.830. The van der Waals surface area contributed by atoms with Crippen molar-refractivity contribution in [3.8, 4) is 0 Å². The Kier molecular flexibility index (Phi) is 5.46. The summed E-state index contributed by atoms with van der Waals surface area (Å²) >= 11 is 0. The van der Waals surface area contributed by atoms with Gasteiger partial charge in [-0.05, 0) is 105 Å². The Morgan fingerprint density at radius 2 is 1.93 bits per heavy atom. The van der Waals surface area contributed by atoms with Crippen molar-refractivity contribution in [1.29, 1.82) is 0 Å². The van der Waals surface area contributed by atoms with Crippen LogP contribution in [0.5, 0.6) is 0 Å². The van der Waals surface area contributed by atoms with E-state index in [1.165, 1.54) is 32.1 Å². The van der Waals surface area contributed by atoms with Gasteiger partial charge < -0.3 is 10.2 Å². The molecule has 0 unspecified atom stereocenters. The lowest BCUT2D eigenvalue weighted by Gasteiger charge is -2.59. The topological polar surface area (TPSA) is 57.5 Å². The molecule has 29 heavy (non-hydrogen) atoms. The summed E-state index contributed by atoms with van der Waals surface area (Å²) in [5.74, 6) is 2.89. The van der Waals surface area contributed by atoms with E-state index in [-0.39, 0.29) is 0 Å². The van der Waals surface area contributed by atoms with Crippen LogP contribution in [-0.4, -0.2) is 21.8 Å². The zero-order chi connectivity index (χ0) is 21.0. The highest BCUT2D eigenvalue weighted by Crippen LogP contribution is 2.67. The van der Waals surface area contributed by atoms with Crippen molar-refractivity contribution in [1.82, 2.24) is 0 Å². The molecule has 2 N–H and O–H groups in total. The maximum absolute atomic E-state index is 11.1. The highest BCUT2D eigenvalue weighted by molar-refractivity contribution is 5.66. The monoisotopic (exact) mass is 402 g/mol. The van der Waals surface area contributed by atoms with Crippen LogP contribution in [-0.2, 0) is 4.79 Å². The lowest BCUT2D eigenvalue weighted by atomic mass is 9.46. The first-order valence-electron chi connectivity index (χ1n) is 12.3. The van der Waals surface area contributed by atoms with Gasteiger partial charge >= 0.3 is 5.97 Å². The van der Waals surface area contributed by atoms with Gasteiger partial charge in [0, 0.05) is 6.42 Å². The highest BCUT2D eigenvalue weighted by Gasteiger charge is 2.59. The van der Waals surface area contributed by atoms with Crippen molar-refractivity contribution in [3.05, 3.63) is 11.6 Å². The molecule has 0 saturated heterocycles. The molecule has 0 aromatic carbocycles. The third-order valence-electron chi connectivity index (χ3n) is 10.5. The van der Waals surface area contributed by atoms with Gasteiger partial charge in [-0.25, -0.2) is 0 Å². The summed E-state index contributed by atoms with van der Waals surface area (Å²) < 4.78 is 0. The van der Waals surface area contributed by atoms with Crippen molar-refractivity contribution in [2.75, 3.05) is 0 Å². The molecule has 0 heterocycles. The minimum atomic E-state index is -0.650. The molecule has 3 saturated carbocycles. The molecule has 8 atom stereocenters. The number of aliphatic hydroxyl groups is 1. The third kappa shape index (κ3) is 3.40. The van der Waals surface area contributed by atoms with E-state index in [0.29, 0.717) is 29.1 Å². The number of carboxylic acids is 1. The maximum Gasteiger partial charge on any atom is 0.303 e. The van der Waals surface area contributed by atoms with Crippen LogP contribution in [0.4, 0.5) is 0 Å². The number of rotatable bonds is 5. The first kappa shape index (κ1) is 21.4. The van der Waals surface area contributed by atoms with E-state index < -0.39 is 11.6 Å². The van der Waals surface area contributed by atoms with Gasteiger partial charge in [-0.2, -0.15) is 0 Å². The molecule has 0 amide bonds. The second-order valence-corrected chi connectivity index (χ2v) is 11.7. The predicted molar refractivity (Wildman–Crippen MR) is 116 cm³/mol. The maximum atomic E-state index is 11.1. The summed E-state index contributed by atoms with van der Waals surface area (Å²) in [5.41, 5.74) is 1.76. The van der Waals surface area contributed by atoms with E-state index >= 15 is 0 Å². The van der Waals surface area contributed by atoms with Gasteiger partial charge in [0.1, 0.15) is 0 Å². The first-order chi connectivity index (χ1) is 13.6. The number of hydrogen-bond donors (Lipinski definition) is 2. The fourth-order valence-electron chi connectivity index (χ4n) is 8.54. The van der Waals surface area contributed by atoms with Gasteiger partial charge in [0.15, 0.2) is 0 Å². The smallest absolute Gasteiger partial charge is 0.303 e. The standard InChI is InChI=1S/C26H42O3/c1-5-26(29)15-14-24(3)18(16-26)7-8-19-21-10-9-20(17(2)6-11-23(27)28)25(21,4)13-12-22(19)24/h7,17,19-22,29H,5-6,8-16H2,1-4H3,(H,27,28)/t17-,19+,20-,21+,22+,24+,25-,26+/m1/s1. The second-order valence-electron chi connectivity index (χ2n) is 11.7. The molecule has 4 aliphatic carbocycles. The van der Waals surface area contributed by atoms with Crippen molar-refractivity contribution in [2.24, 2.45) is 40.4 Å². The van der Waals surface area contributed by atoms with Crippen LogP contribution in [0.1, 0.15) is 98.3 Å². The van der Waals surface area contributed by atoms with Crippen molar-refractivity contribution in [2.45, 2.75) is 104 Å². The number of allylic oxidation sites excluding steroid dienone is 1. The lowest BCUT2D eigenvalue weighted by Crippen LogP contribution is -2.52. The molecular formula is C26H42O3. The van der Waals surface area contributed by atoms with Crippen LogP contribution in [0, 0.1) is 40.4 Å². The lowest BCUT2D eigenvalue weighted by molar-refractivity contribution is -0.137. The molecule has 0 bridgehead atoms. The average Bonchev–Trinajstić information content (AvgIpc) is 3.04. The molecule has 3 fully saturated rings. The predicted octanol–water partition coefficient (Wildman–Crippen LogP) is 6.21. The quantitative estimate of drug-likeness (QED) is 0.538. The Morgan fingerprint density at radius 3 is 2.62 bits per heavy atom. The summed E-state index contributed by atoms with van der Waals surface area (Å²) in [6.07, 6.45) is 14.0. The van der Waals surface area contributed by atoms with Gasteiger partial charge in [0.05, 0.1) is 5.60 Å². The fraction of sp³-hybridized carbons (Fsp3) is 0.885. The number of fused-ring (bicyclic) bond motifs is 5. The summed E-state index contributed by atoms with van der Waals surface area (Å²) in [7, 11) is 0. The highest BCUT2D eigenvalue weighted by atomic mass is 16.4. The Morgan fingerprint density at radius 1 is 1.17 bits per heavy atom. The van der Waals surface area contributed by atoms with Crippen LogP contribution in [0.15, 0.2) is 11.6 Å². The van der Waals surface area contributed by atoms with Gasteiger partial charge in [0.25, 0.3) is 0 Å². The molecule has 0 aromatic rings. The molecule has 3 heteroatoms. The van der Waals surface area contributed by atoms with E-state index in [4.69, 9.17) is 5.11 Å². The molecule has 0 radical (unpaired) electrons. The molecule has 4 aliphatic rings. The van der Waals surface area contributed by atoms with Crippen molar-refractivity contribution >= 4 is 5.97 Å². The van der Waals surface area contributed by atoms with E-state index in [1.54, 1.807) is 5.57 Å². The van der Waals surface area contributed by atoms with Crippen LogP contribution < -0.4 is 0 Å². The molecule has 4 rings (SSSR count). The molecule has 164 valence electrons. The van der Waals surface area contributed by atoms with Crippen LogP contribution in [0.25, 0.3) is 0 Å². The van der Waals surface area contributed by atoms with E-state index in [2.05, 4.69) is 33.8 Å². The summed E-state index contributed by atoms with van der Waals surface area (Å²) in [6, 6.07) is 0. The first-order valence-corrected chi connectivity index (χ1v) is 12.3. The number of carboxylic acid groups (broad SMARTS) is 1. The van der Waals surface area contributed by atoms with Crippen molar-refractivity contribution in [3.63, 3.8) is 0 Å². The minimum absolute atomic E-state index is 0.290. The molecule has 0 spiro atoms. The van der Waals surface area contributed by atoms with Gasteiger partial charge in [-0.1, -0.05) is 39.3 Å². The Balaban J connectivity index is 1.54. The summed E-state index contributed by atoms with van der Waals surface area (Å²) in [6.45, 7) is 9.49. The van der Waals surface area contributed by atoms with Crippen LogP contribution in [0.2, 0.25) is 0 Å². The van der Waals surface area contributed by atoms with Gasteiger partial charge in [-0.15, -0.1) is 0 Å². The van der Waals surface area contributed by atoms with Gasteiger partial charge in [-0.3, -0.25) is 4.79 Å². The van der Waals surface area contributed by atoms with E-state index in [1.807, 2.05) is 0 Å². The summed E-state index contributed by atoms with van der Waals surface area (Å²) in [5, 5.41) is 20.0. The normalized spacial score (nSPS) is 47.6. The largest absolute Gasteiger partial charge is 0.481 e. The van der Waals surface area contributed by atoms with E-state index in [0.717, 1.165) is 49.9 Å². The zero-order valence-corrected chi connectivity index (χ0v) is 19.0. The Labute approximate surface area is 177 Å². The summed E-state index contributed by atoms with van der Waals surface area (Å²) in [4.78, 5) is 11.1. The van der Waals surface area contributed by atoms with Gasteiger partial charge in [0.2, 0.25) is 0 Å². The molecule has 0 aliphatic heterocycles. The zero-order valence-electron chi connectivity index (χ0n) is 19.0. The fourth-order valence-corrected chi connectivity index (χ4v) is 8.54. The van der Waals surface area contributed by atoms with Crippen LogP contribution in [0.3, 0.4) is 0 Å². The minimum Gasteiger partial charge on any atom is -0.481 e. The number of carbonyl (C=O) groups is 1. The van der Waals surface area contributed by atoms with E-state index in [9.17, 15) is 9.90 Å².